The number of rotatable bonds is 4. The number of amides is 1. The van der Waals surface area contributed by atoms with Crippen LogP contribution in [0.5, 0.6) is 0 Å². The Kier molecular flexibility index (Phi) is 5.44. The van der Waals surface area contributed by atoms with Crippen molar-refractivity contribution in [2.45, 2.75) is 53.9 Å². The number of anilines is 1. The summed E-state index contributed by atoms with van der Waals surface area (Å²) < 4.78 is 0. The Morgan fingerprint density at radius 2 is 1.72 bits per heavy atom. The summed E-state index contributed by atoms with van der Waals surface area (Å²) in [5.74, 6) is -0.526. The lowest BCUT2D eigenvalue weighted by Gasteiger charge is -2.39. The van der Waals surface area contributed by atoms with Gasteiger partial charge in [0.05, 0.1) is 16.7 Å². The molecule has 1 amide bonds. The molecule has 2 bridgehead atoms. The van der Waals surface area contributed by atoms with E-state index in [0.717, 1.165) is 35.4 Å². The van der Waals surface area contributed by atoms with Crippen LogP contribution >= 0.6 is 11.6 Å². The fraction of sp³-hybridized carbons (Fsp3) is 0.423. The third kappa shape index (κ3) is 3.34. The molecule has 0 radical (unpaired) electrons. The van der Waals surface area contributed by atoms with Crippen molar-refractivity contribution in [2.24, 2.45) is 21.4 Å². The van der Waals surface area contributed by atoms with Crippen molar-refractivity contribution in [1.29, 1.82) is 0 Å². The van der Waals surface area contributed by atoms with Gasteiger partial charge >= 0.3 is 5.97 Å². The minimum absolute atomic E-state index is 0.00847. The molecule has 2 unspecified atom stereocenters. The molecule has 0 aliphatic heterocycles. The molecule has 2 saturated carbocycles. The number of nitrogens with one attached hydrogen (secondary N) is 1. The Morgan fingerprint density at radius 1 is 1.03 bits per heavy atom. The molecule has 2 aromatic carbocycles. The summed E-state index contributed by atoms with van der Waals surface area (Å²) in [4.78, 5) is 31.4. The summed E-state index contributed by atoms with van der Waals surface area (Å²) in [5, 5.41) is 8.03. The van der Waals surface area contributed by atoms with Gasteiger partial charge in [-0.3, -0.25) is 4.79 Å². The molecule has 4 rings (SSSR count). The van der Waals surface area contributed by atoms with Crippen LogP contribution in [0.1, 0.15) is 61.5 Å². The van der Waals surface area contributed by atoms with Gasteiger partial charge in [0.1, 0.15) is 0 Å². The first-order valence-electron chi connectivity index (χ1n) is 10.9. The van der Waals surface area contributed by atoms with Crippen molar-refractivity contribution in [2.75, 3.05) is 5.32 Å². The van der Waals surface area contributed by atoms with Gasteiger partial charge < -0.3 is 10.2 Å². The molecule has 2 aliphatic carbocycles. The Morgan fingerprint density at radius 3 is 2.41 bits per heavy atom. The average Bonchev–Trinajstić information content (AvgIpc) is 3.05. The number of carbonyl (C=O) groups is 2. The van der Waals surface area contributed by atoms with E-state index in [9.17, 15) is 9.59 Å². The molecule has 32 heavy (non-hydrogen) atoms. The van der Waals surface area contributed by atoms with Crippen LogP contribution in [0.3, 0.4) is 0 Å². The number of oxime groups is 1. The quantitative estimate of drug-likeness (QED) is 0.435. The maximum atomic E-state index is 13.7. The van der Waals surface area contributed by atoms with Gasteiger partial charge in [-0.2, -0.15) is 0 Å². The second-order valence-electron chi connectivity index (χ2n) is 9.91. The van der Waals surface area contributed by atoms with E-state index in [2.05, 4.69) is 31.2 Å². The zero-order chi connectivity index (χ0) is 23.3. The molecule has 1 N–H and O–H groups in total. The fourth-order valence-electron chi connectivity index (χ4n) is 5.37. The normalized spacial score (nSPS) is 26.9. The number of aryl methyl sites for hydroxylation is 2. The highest BCUT2D eigenvalue weighted by Crippen LogP contribution is 2.71. The Labute approximate surface area is 194 Å². The summed E-state index contributed by atoms with van der Waals surface area (Å²) in [6, 6.07) is 12.6. The van der Waals surface area contributed by atoms with Crippen molar-refractivity contribution in [1.82, 2.24) is 0 Å². The van der Waals surface area contributed by atoms with E-state index in [-0.39, 0.29) is 16.7 Å². The van der Waals surface area contributed by atoms with Gasteiger partial charge in [-0.15, -0.1) is 0 Å². The summed E-state index contributed by atoms with van der Waals surface area (Å²) in [7, 11) is 0. The molecule has 5 nitrogen and oxygen atoms in total. The van der Waals surface area contributed by atoms with Gasteiger partial charge in [-0.05, 0) is 73.6 Å². The predicted octanol–water partition coefficient (Wildman–Crippen LogP) is 6.32. The summed E-state index contributed by atoms with van der Waals surface area (Å²) in [6.07, 6.45) is 2.07. The summed E-state index contributed by atoms with van der Waals surface area (Å²) >= 11 is 5.89. The maximum absolute atomic E-state index is 13.7. The van der Waals surface area contributed by atoms with Gasteiger partial charge in [0.2, 0.25) is 5.91 Å². The van der Waals surface area contributed by atoms with E-state index in [0.29, 0.717) is 17.0 Å². The van der Waals surface area contributed by atoms with Crippen LogP contribution in [0.2, 0.25) is 5.02 Å². The topological polar surface area (TPSA) is 67.8 Å². The lowest BCUT2D eigenvalue weighted by Crippen LogP contribution is -2.43. The van der Waals surface area contributed by atoms with Crippen molar-refractivity contribution >= 4 is 34.9 Å². The SMILES string of the molecule is Cc1ccc(C)c(NC(=O)C23CCC(C)(/C(=N\OC(=O)c4ccc(Cl)cc4)C2)C3(C)C)c1. The Balaban J connectivity index is 1.60. The van der Waals surface area contributed by atoms with E-state index in [1.807, 2.05) is 32.0 Å². The largest absolute Gasteiger partial charge is 0.365 e. The lowest BCUT2D eigenvalue weighted by atomic mass is 9.64. The van der Waals surface area contributed by atoms with Crippen LogP contribution in [0, 0.1) is 30.1 Å². The average molecular weight is 453 g/mol. The minimum Gasteiger partial charge on any atom is -0.325 e. The number of carbonyl (C=O) groups excluding carboxylic acids is 2. The van der Waals surface area contributed by atoms with E-state index in [1.165, 1.54) is 0 Å². The monoisotopic (exact) mass is 452 g/mol. The van der Waals surface area contributed by atoms with Crippen molar-refractivity contribution in [3.05, 3.63) is 64.2 Å². The van der Waals surface area contributed by atoms with Crippen LogP contribution in [0.25, 0.3) is 0 Å². The molecular weight excluding hydrogens is 424 g/mol. The van der Waals surface area contributed by atoms with Gasteiger partial charge in [0, 0.05) is 22.5 Å². The first-order chi connectivity index (χ1) is 15.0. The van der Waals surface area contributed by atoms with Crippen LogP contribution in [-0.2, 0) is 9.63 Å². The molecule has 2 atom stereocenters. The maximum Gasteiger partial charge on any atom is 0.365 e. The van der Waals surface area contributed by atoms with Gasteiger partial charge in [0.25, 0.3) is 0 Å². The van der Waals surface area contributed by atoms with Gasteiger partial charge in [-0.1, -0.05) is 49.7 Å². The minimum atomic E-state index is -0.608. The molecule has 2 aliphatic rings. The third-order valence-electron chi connectivity index (χ3n) is 8.13. The number of fused-ring (bicyclic) bond motifs is 2. The number of benzene rings is 2. The van der Waals surface area contributed by atoms with Crippen LogP contribution < -0.4 is 5.32 Å². The van der Waals surface area contributed by atoms with Crippen LogP contribution in [0.15, 0.2) is 47.6 Å². The van der Waals surface area contributed by atoms with Crippen LogP contribution in [0.4, 0.5) is 5.69 Å². The Bertz CT molecular complexity index is 1120. The molecule has 2 fully saturated rings. The molecule has 6 heteroatoms. The smallest absolute Gasteiger partial charge is 0.325 e. The predicted molar refractivity (Wildman–Crippen MR) is 127 cm³/mol. The highest BCUT2D eigenvalue weighted by Gasteiger charge is 2.71. The number of halogens is 1. The zero-order valence-corrected chi connectivity index (χ0v) is 20.0. The van der Waals surface area contributed by atoms with E-state index >= 15 is 0 Å². The molecule has 0 aromatic heterocycles. The Hall–Kier alpha value is -2.66. The van der Waals surface area contributed by atoms with Crippen molar-refractivity contribution in [3.63, 3.8) is 0 Å². The van der Waals surface area contributed by atoms with Crippen LogP contribution in [-0.4, -0.2) is 17.6 Å². The van der Waals surface area contributed by atoms with E-state index in [4.69, 9.17) is 16.4 Å². The summed E-state index contributed by atoms with van der Waals surface area (Å²) in [5.41, 5.74) is 2.85. The molecular formula is C26H29ClN2O3. The molecule has 168 valence electrons. The molecule has 0 saturated heterocycles. The van der Waals surface area contributed by atoms with Gasteiger partial charge in [-0.25, -0.2) is 4.79 Å². The lowest BCUT2D eigenvalue weighted by molar-refractivity contribution is -0.130. The first-order valence-corrected chi connectivity index (χ1v) is 11.3. The van der Waals surface area contributed by atoms with Crippen molar-refractivity contribution in [3.8, 4) is 0 Å². The molecule has 0 spiro atoms. The molecule has 0 heterocycles. The second kappa shape index (κ2) is 7.73. The highest BCUT2D eigenvalue weighted by molar-refractivity contribution is 6.30. The van der Waals surface area contributed by atoms with Gasteiger partial charge in [0.15, 0.2) is 0 Å². The zero-order valence-electron chi connectivity index (χ0n) is 19.2. The first kappa shape index (κ1) is 22.5. The number of hydrogen-bond donors (Lipinski definition) is 1. The van der Waals surface area contributed by atoms with Crippen molar-refractivity contribution < 1.29 is 14.4 Å². The molecule has 2 aromatic rings. The fourth-order valence-corrected chi connectivity index (χ4v) is 5.50. The summed E-state index contributed by atoms with van der Waals surface area (Å²) in [6.45, 7) is 10.4. The standard InChI is InChI=1S/C26H29ClN2O3/c1-16-6-7-17(2)20(14-16)28-23(31)26-13-12-25(5,24(26,3)4)21(15-26)29-32-22(30)18-8-10-19(27)11-9-18/h6-11,14H,12-13,15H2,1-5H3,(H,28,31)/b29-21-. The number of nitrogens with zero attached hydrogens (tertiary/aromatic N) is 1. The number of hydrogen-bond acceptors (Lipinski definition) is 4. The third-order valence-corrected chi connectivity index (χ3v) is 8.38. The van der Waals surface area contributed by atoms with E-state index in [1.54, 1.807) is 24.3 Å². The highest BCUT2D eigenvalue weighted by atomic mass is 35.5. The van der Waals surface area contributed by atoms with E-state index < -0.39 is 11.4 Å². The second-order valence-corrected chi connectivity index (χ2v) is 10.3.